The van der Waals surface area contributed by atoms with Gasteiger partial charge in [-0.2, -0.15) is 0 Å². The van der Waals surface area contributed by atoms with Crippen molar-refractivity contribution in [3.63, 3.8) is 0 Å². The third-order valence-corrected chi connectivity index (χ3v) is 5.05. The quantitative estimate of drug-likeness (QED) is 0.370. The van der Waals surface area contributed by atoms with Crippen molar-refractivity contribution < 1.29 is 28.6 Å². The Bertz CT molecular complexity index is 989. The first-order valence-electron chi connectivity index (χ1n) is 7.82. The molecule has 0 N–H and O–H groups in total. The molecule has 25 heavy (non-hydrogen) atoms. The Morgan fingerprint density at radius 2 is 1.68 bits per heavy atom. The molecule has 2 heterocycles. The molecule has 1 aromatic heterocycles. The number of fused-ring (bicyclic) bond motifs is 3. The summed E-state index contributed by atoms with van der Waals surface area (Å²) in [5, 5.41) is 1.48. The molecule has 0 radical (unpaired) electrons. The fourth-order valence-corrected chi connectivity index (χ4v) is 3.90. The standard InChI is InChI=1S/C20H17Cl2N2.HI/c1-23-10-13-11-24(2)20(16-5-3-4-6-19(16)22)17-9-14(21)7-8-15(17)18(13)12-23;/h3-10,12H,11H2,1-2H3;1H/q+1;/p-1. The molecule has 3 aromatic rings. The Morgan fingerprint density at radius 1 is 0.920 bits per heavy atom. The second-order valence-corrected chi connectivity index (χ2v) is 7.08. The van der Waals surface area contributed by atoms with Crippen molar-refractivity contribution in [2.75, 3.05) is 7.05 Å². The van der Waals surface area contributed by atoms with Gasteiger partial charge in [0.05, 0.1) is 16.1 Å². The molecule has 1 aliphatic heterocycles. The number of rotatable bonds is 1. The van der Waals surface area contributed by atoms with Crippen molar-refractivity contribution >= 4 is 28.9 Å². The number of nitrogens with zero attached hydrogens (tertiary/aromatic N) is 2. The minimum atomic E-state index is 0. The highest BCUT2D eigenvalue weighted by molar-refractivity contribution is 6.36. The molecule has 0 saturated carbocycles. The molecule has 0 spiro atoms. The molecule has 0 unspecified atom stereocenters. The molecule has 0 fully saturated rings. The van der Waals surface area contributed by atoms with Gasteiger partial charge in [-0.05, 0) is 29.8 Å². The number of benzene rings is 2. The number of halogens is 3. The summed E-state index contributed by atoms with van der Waals surface area (Å²) in [6.07, 6.45) is 4.35. The van der Waals surface area contributed by atoms with Crippen LogP contribution in [0.2, 0.25) is 10.0 Å². The van der Waals surface area contributed by atoms with E-state index in [-0.39, 0.29) is 24.0 Å². The summed E-state index contributed by atoms with van der Waals surface area (Å²) in [5.74, 6) is 0. The van der Waals surface area contributed by atoms with Gasteiger partial charge in [0.15, 0.2) is 6.54 Å². The van der Waals surface area contributed by atoms with Crippen LogP contribution in [-0.2, 0) is 13.6 Å². The molecule has 2 nitrogen and oxygen atoms in total. The van der Waals surface area contributed by atoms with E-state index in [1.807, 2.05) is 30.3 Å². The normalized spacial score (nSPS) is 13.0. The Hall–Kier alpha value is -1.30. The lowest BCUT2D eigenvalue weighted by Crippen LogP contribution is -3.00. The van der Waals surface area contributed by atoms with Gasteiger partial charge in [-0.25, -0.2) is 4.58 Å². The molecule has 0 bridgehead atoms. The molecule has 128 valence electrons. The predicted molar refractivity (Wildman–Crippen MR) is 100 cm³/mol. The fraction of sp³-hybridized carbons (Fsp3) is 0.150. The zero-order valence-corrected chi connectivity index (χ0v) is 17.6. The van der Waals surface area contributed by atoms with Gasteiger partial charge in [0.2, 0.25) is 5.71 Å². The Balaban J connectivity index is 0.00000182. The maximum atomic E-state index is 6.51. The molecule has 1 aliphatic rings. The van der Waals surface area contributed by atoms with E-state index in [1.54, 1.807) is 0 Å². The largest absolute Gasteiger partial charge is 1.00 e. The van der Waals surface area contributed by atoms with E-state index in [9.17, 15) is 0 Å². The third kappa shape index (κ3) is 3.25. The van der Waals surface area contributed by atoms with Crippen LogP contribution in [0.15, 0.2) is 54.9 Å². The molecule has 2 aromatic carbocycles. The summed E-state index contributed by atoms with van der Waals surface area (Å²) in [6.45, 7) is 0.822. The van der Waals surface area contributed by atoms with Crippen LogP contribution in [0.1, 0.15) is 16.7 Å². The van der Waals surface area contributed by atoms with Crippen molar-refractivity contribution in [2.24, 2.45) is 7.05 Å². The Labute approximate surface area is 174 Å². The average Bonchev–Trinajstić information content (AvgIpc) is 2.85. The van der Waals surface area contributed by atoms with Gasteiger partial charge in [0.25, 0.3) is 0 Å². The SMILES string of the molecule is Cn1cc2c(c1)-c1ccc(Cl)cc1C(c1ccccc1Cl)=[N+](C)C2.[I-]. The van der Waals surface area contributed by atoms with Crippen molar-refractivity contribution in [1.82, 2.24) is 4.57 Å². The van der Waals surface area contributed by atoms with Gasteiger partial charge in [-0.1, -0.05) is 41.4 Å². The van der Waals surface area contributed by atoms with Gasteiger partial charge in [0.1, 0.15) is 7.05 Å². The van der Waals surface area contributed by atoms with Crippen LogP contribution in [0.4, 0.5) is 0 Å². The van der Waals surface area contributed by atoms with E-state index >= 15 is 0 Å². The van der Waals surface area contributed by atoms with Crippen molar-refractivity contribution in [2.45, 2.75) is 6.54 Å². The lowest BCUT2D eigenvalue weighted by molar-refractivity contribution is -0.512. The van der Waals surface area contributed by atoms with Gasteiger partial charge < -0.3 is 28.5 Å². The van der Waals surface area contributed by atoms with Crippen LogP contribution in [0.3, 0.4) is 0 Å². The van der Waals surface area contributed by atoms with Crippen molar-refractivity contribution in [3.8, 4) is 11.1 Å². The summed E-state index contributed by atoms with van der Waals surface area (Å²) < 4.78 is 4.36. The van der Waals surface area contributed by atoms with Crippen LogP contribution in [0, 0.1) is 0 Å². The molecular formula is C20H17Cl2IN2. The average molecular weight is 483 g/mol. The van der Waals surface area contributed by atoms with Gasteiger partial charge in [-0.3, -0.25) is 0 Å². The summed E-state index contributed by atoms with van der Waals surface area (Å²) in [6, 6.07) is 14.1. The third-order valence-electron chi connectivity index (χ3n) is 4.48. The molecule has 5 heteroatoms. The monoisotopic (exact) mass is 482 g/mol. The summed E-state index contributed by atoms with van der Waals surface area (Å²) in [7, 11) is 4.16. The Kier molecular flexibility index (Phi) is 5.28. The van der Waals surface area contributed by atoms with E-state index in [0.717, 1.165) is 33.4 Å². The molecular weight excluding hydrogens is 466 g/mol. The maximum absolute atomic E-state index is 6.51. The first-order valence-corrected chi connectivity index (χ1v) is 8.58. The smallest absolute Gasteiger partial charge is 0.216 e. The van der Waals surface area contributed by atoms with Crippen LogP contribution in [-0.4, -0.2) is 21.9 Å². The van der Waals surface area contributed by atoms with Crippen LogP contribution in [0.5, 0.6) is 0 Å². The molecule has 0 aliphatic carbocycles. The zero-order valence-electron chi connectivity index (χ0n) is 13.9. The van der Waals surface area contributed by atoms with Crippen molar-refractivity contribution in [3.05, 3.63) is 81.6 Å². The zero-order chi connectivity index (χ0) is 16.8. The highest BCUT2D eigenvalue weighted by Crippen LogP contribution is 2.35. The lowest BCUT2D eigenvalue weighted by atomic mass is 9.94. The minimum Gasteiger partial charge on any atom is -1.00 e. The summed E-state index contributed by atoms with van der Waals surface area (Å²) in [4.78, 5) is 0. The highest BCUT2D eigenvalue weighted by atomic mass is 127. The minimum absolute atomic E-state index is 0. The lowest BCUT2D eigenvalue weighted by Gasteiger charge is -2.10. The van der Waals surface area contributed by atoms with E-state index in [1.165, 1.54) is 16.7 Å². The van der Waals surface area contributed by atoms with Gasteiger partial charge >= 0.3 is 0 Å². The van der Waals surface area contributed by atoms with E-state index < -0.39 is 0 Å². The van der Waals surface area contributed by atoms with E-state index in [0.29, 0.717) is 0 Å². The predicted octanol–water partition coefficient (Wildman–Crippen LogP) is 2.00. The van der Waals surface area contributed by atoms with Gasteiger partial charge in [0, 0.05) is 35.6 Å². The summed E-state index contributed by atoms with van der Waals surface area (Å²) >= 11 is 12.8. The van der Waals surface area contributed by atoms with E-state index in [2.05, 4.69) is 47.8 Å². The molecule has 0 amide bonds. The summed E-state index contributed by atoms with van der Waals surface area (Å²) in [5.41, 5.74) is 6.98. The highest BCUT2D eigenvalue weighted by Gasteiger charge is 2.28. The second-order valence-electron chi connectivity index (χ2n) is 6.24. The number of aryl methyl sites for hydroxylation is 1. The molecule has 4 rings (SSSR count). The van der Waals surface area contributed by atoms with Gasteiger partial charge in [-0.15, -0.1) is 0 Å². The molecule has 0 atom stereocenters. The Morgan fingerprint density at radius 3 is 2.44 bits per heavy atom. The fourth-order valence-electron chi connectivity index (χ4n) is 3.50. The van der Waals surface area contributed by atoms with Crippen LogP contribution < -0.4 is 24.0 Å². The number of hydrogen-bond acceptors (Lipinski definition) is 0. The molecule has 0 saturated heterocycles. The van der Waals surface area contributed by atoms with E-state index in [4.69, 9.17) is 23.2 Å². The topological polar surface area (TPSA) is 7.94 Å². The number of aromatic nitrogens is 1. The van der Waals surface area contributed by atoms with Crippen LogP contribution in [0.25, 0.3) is 11.1 Å². The first kappa shape index (κ1) is 18.5. The first-order chi connectivity index (χ1) is 11.5. The van der Waals surface area contributed by atoms with Crippen LogP contribution >= 0.6 is 23.2 Å². The number of hydrogen-bond donors (Lipinski definition) is 0. The van der Waals surface area contributed by atoms with Crippen molar-refractivity contribution in [1.29, 1.82) is 0 Å². The maximum Gasteiger partial charge on any atom is 0.216 e. The second kappa shape index (κ2) is 7.14.